The third-order valence-electron chi connectivity index (χ3n) is 6.24. The lowest BCUT2D eigenvalue weighted by atomic mass is 9.93. The van der Waals surface area contributed by atoms with Gasteiger partial charge in [-0.15, -0.1) is 0 Å². The molecule has 1 aromatic carbocycles. The Morgan fingerprint density at radius 1 is 1.23 bits per heavy atom. The third kappa shape index (κ3) is 6.46. The lowest BCUT2D eigenvalue weighted by Gasteiger charge is -2.35. The standard InChI is InChI=1S/C24H36N2O4/c1-2-20(27)17-26(19-8-4-3-5-9-19)24(29)10-6-7-15-30-21-12-13-22-18(16-21)11-14-23(28)25-22/h12-13,16,19-20,27H,2-11,14-15,17H2,1H3,(H,25,28). The Labute approximate surface area is 180 Å². The molecule has 6 heteroatoms. The number of aryl methyl sites for hydroxylation is 1. The molecule has 30 heavy (non-hydrogen) atoms. The zero-order chi connectivity index (χ0) is 21.3. The fraction of sp³-hybridized carbons (Fsp3) is 0.667. The minimum Gasteiger partial charge on any atom is -0.494 e. The molecule has 0 aromatic heterocycles. The number of hydrogen-bond acceptors (Lipinski definition) is 4. The first-order chi connectivity index (χ1) is 14.6. The molecule has 1 aromatic rings. The smallest absolute Gasteiger partial charge is 0.224 e. The molecule has 2 aliphatic rings. The minimum atomic E-state index is -0.437. The van der Waals surface area contributed by atoms with Crippen molar-refractivity contribution in [1.82, 2.24) is 4.90 Å². The average Bonchev–Trinajstić information content (AvgIpc) is 2.77. The molecule has 6 nitrogen and oxygen atoms in total. The molecule has 1 fully saturated rings. The largest absolute Gasteiger partial charge is 0.494 e. The molecule has 1 atom stereocenters. The molecule has 1 aliphatic heterocycles. The van der Waals surface area contributed by atoms with E-state index in [1.165, 1.54) is 19.3 Å². The molecule has 1 unspecified atom stereocenters. The molecule has 0 spiro atoms. The van der Waals surface area contributed by atoms with Crippen LogP contribution in [-0.4, -0.2) is 47.1 Å². The van der Waals surface area contributed by atoms with Gasteiger partial charge in [0.05, 0.1) is 12.7 Å². The maximum atomic E-state index is 12.9. The molecule has 2 N–H and O–H groups in total. The Morgan fingerprint density at radius 2 is 2.03 bits per heavy atom. The van der Waals surface area contributed by atoms with Gasteiger partial charge in [-0.05, 0) is 62.3 Å². The molecular formula is C24H36N2O4. The molecule has 0 radical (unpaired) electrons. The summed E-state index contributed by atoms with van der Waals surface area (Å²) in [6, 6.07) is 6.06. The number of fused-ring (bicyclic) bond motifs is 1. The maximum absolute atomic E-state index is 12.9. The van der Waals surface area contributed by atoms with Crippen molar-refractivity contribution in [1.29, 1.82) is 0 Å². The summed E-state index contributed by atoms with van der Waals surface area (Å²) in [6.07, 6.45) is 9.32. The summed E-state index contributed by atoms with van der Waals surface area (Å²) >= 11 is 0. The average molecular weight is 417 g/mol. The number of nitrogens with one attached hydrogen (secondary N) is 1. The number of rotatable bonds is 10. The summed E-state index contributed by atoms with van der Waals surface area (Å²) in [5.41, 5.74) is 1.99. The molecule has 0 bridgehead atoms. The van der Waals surface area contributed by atoms with E-state index in [2.05, 4.69) is 5.32 Å². The van der Waals surface area contributed by atoms with E-state index in [1.54, 1.807) is 0 Å². The molecule has 166 valence electrons. The van der Waals surface area contributed by atoms with Gasteiger partial charge in [-0.2, -0.15) is 0 Å². The van der Waals surface area contributed by atoms with Crippen molar-refractivity contribution in [2.45, 2.75) is 89.7 Å². The summed E-state index contributed by atoms with van der Waals surface area (Å²) in [4.78, 5) is 26.3. The first kappa shape index (κ1) is 22.6. The number of anilines is 1. The third-order valence-corrected chi connectivity index (χ3v) is 6.24. The van der Waals surface area contributed by atoms with Crippen LogP contribution in [0.5, 0.6) is 5.75 Å². The zero-order valence-corrected chi connectivity index (χ0v) is 18.2. The fourth-order valence-corrected chi connectivity index (χ4v) is 4.36. The van der Waals surface area contributed by atoms with Gasteiger partial charge in [-0.3, -0.25) is 9.59 Å². The Morgan fingerprint density at radius 3 is 2.80 bits per heavy atom. The number of hydrogen-bond donors (Lipinski definition) is 2. The summed E-state index contributed by atoms with van der Waals surface area (Å²) in [7, 11) is 0. The Kier molecular flexibility index (Phi) is 8.55. The van der Waals surface area contributed by atoms with Crippen LogP contribution in [-0.2, 0) is 16.0 Å². The number of nitrogens with zero attached hydrogens (tertiary/aromatic N) is 1. The second-order valence-corrected chi connectivity index (χ2v) is 8.57. The van der Waals surface area contributed by atoms with E-state index < -0.39 is 6.10 Å². The molecule has 3 rings (SSSR count). The Bertz CT molecular complexity index is 715. The van der Waals surface area contributed by atoms with Crippen molar-refractivity contribution < 1.29 is 19.4 Å². The van der Waals surface area contributed by atoms with Crippen molar-refractivity contribution in [2.75, 3.05) is 18.5 Å². The Balaban J connectivity index is 1.42. The molecule has 1 aliphatic carbocycles. The molecule has 1 saturated carbocycles. The molecule has 1 heterocycles. The SMILES string of the molecule is CCC(O)CN(C(=O)CCCCOc1ccc2c(c1)CCC(=O)N2)C1CCCCC1. The van der Waals surface area contributed by atoms with Crippen molar-refractivity contribution in [3.63, 3.8) is 0 Å². The maximum Gasteiger partial charge on any atom is 0.224 e. The second kappa shape index (κ2) is 11.3. The van der Waals surface area contributed by atoms with Crippen molar-refractivity contribution in [3.8, 4) is 5.75 Å². The van der Waals surface area contributed by atoms with Gasteiger partial charge in [0.15, 0.2) is 0 Å². The lowest BCUT2D eigenvalue weighted by molar-refractivity contribution is -0.136. The van der Waals surface area contributed by atoms with Gasteiger partial charge in [0.25, 0.3) is 0 Å². The van der Waals surface area contributed by atoms with Gasteiger partial charge < -0.3 is 20.1 Å². The first-order valence-corrected chi connectivity index (χ1v) is 11.6. The number of carbonyl (C=O) groups excluding carboxylic acids is 2. The topological polar surface area (TPSA) is 78.9 Å². The number of benzene rings is 1. The highest BCUT2D eigenvalue weighted by Crippen LogP contribution is 2.27. The molecule has 2 amide bonds. The number of aliphatic hydroxyl groups is 1. The number of carbonyl (C=O) groups is 2. The lowest BCUT2D eigenvalue weighted by Crippen LogP contribution is -2.45. The monoisotopic (exact) mass is 416 g/mol. The Hall–Kier alpha value is -2.08. The second-order valence-electron chi connectivity index (χ2n) is 8.57. The van der Waals surface area contributed by atoms with Crippen LogP contribution in [0.2, 0.25) is 0 Å². The number of unbranched alkanes of at least 4 members (excludes halogenated alkanes) is 1. The highest BCUT2D eigenvalue weighted by atomic mass is 16.5. The zero-order valence-electron chi connectivity index (χ0n) is 18.2. The number of aliphatic hydroxyl groups excluding tert-OH is 1. The molecule has 0 saturated heterocycles. The quantitative estimate of drug-likeness (QED) is 0.564. The summed E-state index contributed by atoms with van der Waals surface area (Å²) in [5, 5.41) is 13.0. The predicted molar refractivity (Wildman–Crippen MR) is 118 cm³/mol. The van der Waals surface area contributed by atoms with Gasteiger partial charge in [0.2, 0.25) is 11.8 Å². The fourth-order valence-electron chi connectivity index (χ4n) is 4.36. The van der Waals surface area contributed by atoms with Crippen LogP contribution in [0.15, 0.2) is 18.2 Å². The van der Waals surface area contributed by atoms with Crippen LogP contribution in [0.3, 0.4) is 0 Å². The van der Waals surface area contributed by atoms with E-state index in [9.17, 15) is 14.7 Å². The van der Waals surface area contributed by atoms with E-state index in [0.717, 1.165) is 49.1 Å². The van der Waals surface area contributed by atoms with E-state index in [-0.39, 0.29) is 11.8 Å². The summed E-state index contributed by atoms with van der Waals surface area (Å²) < 4.78 is 5.86. The predicted octanol–water partition coefficient (Wildman–Crippen LogP) is 4.05. The van der Waals surface area contributed by atoms with Crippen molar-refractivity contribution in [2.24, 2.45) is 0 Å². The highest BCUT2D eigenvalue weighted by molar-refractivity contribution is 5.94. The number of ether oxygens (including phenoxy) is 1. The van der Waals surface area contributed by atoms with Crippen LogP contribution in [0, 0.1) is 0 Å². The van der Waals surface area contributed by atoms with Gasteiger partial charge in [0, 0.05) is 31.1 Å². The summed E-state index contributed by atoms with van der Waals surface area (Å²) in [5.74, 6) is 1.04. The van der Waals surface area contributed by atoms with E-state index in [4.69, 9.17) is 4.74 Å². The van der Waals surface area contributed by atoms with Crippen LogP contribution in [0.25, 0.3) is 0 Å². The van der Waals surface area contributed by atoms with Crippen LogP contribution in [0.1, 0.15) is 76.7 Å². The van der Waals surface area contributed by atoms with Gasteiger partial charge in [-0.1, -0.05) is 26.2 Å². The van der Waals surface area contributed by atoms with E-state index in [0.29, 0.717) is 38.5 Å². The van der Waals surface area contributed by atoms with Gasteiger partial charge in [0.1, 0.15) is 5.75 Å². The first-order valence-electron chi connectivity index (χ1n) is 11.6. The highest BCUT2D eigenvalue weighted by Gasteiger charge is 2.26. The summed E-state index contributed by atoms with van der Waals surface area (Å²) in [6.45, 7) is 2.99. The van der Waals surface area contributed by atoms with E-state index in [1.807, 2.05) is 30.0 Å². The van der Waals surface area contributed by atoms with Crippen LogP contribution in [0.4, 0.5) is 5.69 Å². The molecular weight excluding hydrogens is 380 g/mol. The van der Waals surface area contributed by atoms with Crippen LogP contribution >= 0.6 is 0 Å². The van der Waals surface area contributed by atoms with Gasteiger partial charge >= 0.3 is 0 Å². The normalized spacial score (nSPS) is 17.7. The van der Waals surface area contributed by atoms with E-state index >= 15 is 0 Å². The van der Waals surface area contributed by atoms with Crippen molar-refractivity contribution >= 4 is 17.5 Å². The van der Waals surface area contributed by atoms with Crippen LogP contribution < -0.4 is 10.1 Å². The minimum absolute atomic E-state index is 0.0644. The van der Waals surface area contributed by atoms with Gasteiger partial charge in [-0.25, -0.2) is 0 Å². The number of amides is 2. The van der Waals surface area contributed by atoms with Crippen molar-refractivity contribution in [3.05, 3.63) is 23.8 Å².